The summed E-state index contributed by atoms with van der Waals surface area (Å²) in [5, 5.41) is 0.886. The van der Waals surface area contributed by atoms with E-state index in [0.29, 0.717) is 23.8 Å². The van der Waals surface area contributed by atoms with Gasteiger partial charge in [-0.3, -0.25) is 9.36 Å². The fourth-order valence-electron chi connectivity index (χ4n) is 1.91. The van der Waals surface area contributed by atoms with E-state index in [-0.39, 0.29) is 10.7 Å². The fraction of sp³-hybridized carbons (Fsp3) is 0.286. The van der Waals surface area contributed by atoms with E-state index in [2.05, 4.69) is 4.98 Å². The molecule has 1 aromatic heterocycles. The second-order valence-electron chi connectivity index (χ2n) is 4.37. The lowest BCUT2D eigenvalue weighted by Gasteiger charge is -2.12. The maximum atomic E-state index is 12.0. The molecule has 3 nitrogen and oxygen atoms in total. The zero-order valence-corrected chi connectivity index (χ0v) is 12.3. The van der Waals surface area contributed by atoms with Crippen LogP contribution >= 0.6 is 23.2 Å². The first kappa shape index (κ1) is 14.1. The highest BCUT2D eigenvalue weighted by Crippen LogP contribution is 2.18. The van der Waals surface area contributed by atoms with Crippen molar-refractivity contribution in [1.82, 2.24) is 9.55 Å². The van der Waals surface area contributed by atoms with Crippen molar-refractivity contribution in [3.63, 3.8) is 0 Å². The standard InChI is InChI=1S/C14H14Cl2N2O/c1-3-13-17-12(16)7-14(19)18(13)8-10-5-4-9(2)6-11(10)15/h4-7H,3,8H2,1-2H3. The van der Waals surface area contributed by atoms with Crippen LogP contribution in [0.4, 0.5) is 0 Å². The Bertz CT molecular complexity index is 665. The smallest absolute Gasteiger partial charge is 0.255 e. The van der Waals surface area contributed by atoms with E-state index in [4.69, 9.17) is 23.2 Å². The first-order chi connectivity index (χ1) is 9.01. The summed E-state index contributed by atoms with van der Waals surface area (Å²) in [5.74, 6) is 0.661. The molecule has 0 radical (unpaired) electrons. The number of aryl methyl sites for hydroxylation is 2. The van der Waals surface area contributed by atoms with Crippen LogP contribution in [0.5, 0.6) is 0 Å². The van der Waals surface area contributed by atoms with Crippen LogP contribution in [-0.4, -0.2) is 9.55 Å². The predicted octanol–water partition coefficient (Wildman–Crippen LogP) is 3.47. The van der Waals surface area contributed by atoms with E-state index < -0.39 is 0 Å². The van der Waals surface area contributed by atoms with E-state index >= 15 is 0 Å². The van der Waals surface area contributed by atoms with Crippen molar-refractivity contribution in [2.24, 2.45) is 0 Å². The third kappa shape index (κ3) is 3.17. The van der Waals surface area contributed by atoms with Crippen LogP contribution in [0.1, 0.15) is 23.9 Å². The number of aromatic nitrogens is 2. The molecule has 0 N–H and O–H groups in total. The van der Waals surface area contributed by atoms with Gasteiger partial charge in [0.05, 0.1) is 6.54 Å². The van der Waals surface area contributed by atoms with Crippen molar-refractivity contribution in [3.8, 4) is 0 Å². The van der Waals surface area contributed by atoms with Crippen molar-refractivity contribution >= 4 is 23.2 Å². The Hall–Kier alpha value is -1.32. The van der Waals surface area contributed by atoms with Gasteiger partial charge in [0, 0.05) is 17.5 Å². The Balaban J connectivity index is 2.46. The van der Waals surface area contributed by atoms with Crippen molar-refractivity contribution in [2.75, 3.05) is 0 Å². The second-order valence-corrected chi connectivity index (χ2v) is 5.16. The van der Waals surface area contributed by atoms with Gasteiger partial charge in [-0.2, -0.15) is 0 Å². The van der Waals surface area contributed by atoms with E-state index in [1.165, 1.54) is 6.07 Å². The minimum Gasteiger partial charge on any atom is -0.292 e. The third-order valence-electron chi connectivity index (χ3n) is 2.91. The molecule has 19 heavy (non-hydrogen) atoms. The zero-order valence-electron chi connectivity index (χ0n) is 10.8. The van der Waals surface area contributed by atoms with Gasteiger partial charge in [-0.25, -0.2) is 4.98 Å². The summed E-state index contributed by atoms with van der Waals surface area (Å²) in [7, 11) is 0. The lowest BCUT2D eigenvalue weighted by Crippen LogP contribution is -2.24. The number of hydrogen-bond donors (Lipinski definition) is 0. The number of rotatable bonds is 3. The summed E-state index contributed by atoms with van der Waals surface area (Å²) < 4.78 is 1.60. The number of halogens is 2. The minimum atomic E-state index is -0.159. The molecule has 2 rings (SSSR count). The molecule has 2 aromatic rings. The molecule has 0 saturated carbocycles. The van der Waals surface area contributed by atoms with Crippen molar-refractivity contribution in [1.29, 1.82) is 0 Å². The van der Waals surface area contributed by atoms with Crippen molar-refractivity contribution < 1.29 is 0 Å². The minimum absolute atomic E-state index is 0.159. The summed E-state index contributed by atoms with van der Waals surface area (Å²) in [4.78, 5) is 16.2. The van der Waals surface area contributed by atoms with E-state index in [0.717, 1.165) is 11.1 Å². The summed E-state index contributed by atoms with van der Waals surface area (Å²) in [6.45, 7) is 4.32. The molecule has 0 spiro atoms. The first-order valence-corrected chi connectivity index (χ1v) is 6.78. The highest BCUT2D eigenvalue weighted by Gasteiger charge is 2.09. The van der Waals surface area contributed by atoms with E-state index in [1.54, 1.807) is 4.57 Å². The monoisotopic (exact) mass is 296 g/mol. The normalized spacial score (nSPS) is 10.7. The van der Waals surface area contributed by atoms with Crippen LogP contribution in [0.25, 0.3) is 0 Å². The van der Waals surface area contributed by atoms with E-state index in [1.807, 2.05) is 32.0 Å². The molecule has 0 amide bonds. The van der Waals surface area contributed by atoms with Crippen LogP contribution in [0.3, 0.4) is 0 Å². The van der Waals surface area contributed by atoms with Crippen LogP contribution < -0.4 is 5.56 Å². The highest BCUT2D eigenvalue weighted by molar-refractivity contribution is 6.31. The Kier molecular flexibility index (Phi) is 4.27. The molecule has 0 aliphatic rings. The molecule has 1 aromatic carbocycles. The molecule has 0 saturated heterocycles. The van der Waals surface area contributed by atoms with Gasteiger partial charge in [0.2, 0.25) is 0 Å². The van der Waals surface area contributed by atoms with Gasteiger partial charge >= 0.3 is 0 Å². The first-order valence-electron chi connectivity index (χ1n) is 6.02. The summed E-state index contributed by atoms with van der Waals surface area (Å²) in [6, 6.07) is 7.11. The van der Waals surface area contributed by atoms with Gasteiger partial charge in [0.25, 0.3) is 5.56 Å². The second kappa shape index (κ2) is 5.76. The lowest BCUT2D eigenvalue weighted by atomic mass is 10.1. The summed E-state index contributed by atoms with van der Waals surface area (Å²) in [5.41, 5.74) is 1.83. The van der Waals surface area contributed by atoms with Crippen LogP contribution in [-0.2, 0) is 13.0 Å². The van der Waals surface area contributed by atoms with Gasteiger partial charge in [-0.15, -0.1) is 0 Å². The zero-order chi connectivity index (χ0) is 14.0. The molecule has 5 heteroatoms. The third-order valence-corrected chi connectivity index (χ3v) is 3.45. The maximum Gasteiger partial charge on any atom is 0.255 e. The average Bonchev–Trinajstić information content (AvgIpc) is 2.34. The van der Waals surface area contributed by atoms with Crippen LogP contribution in [0.15, 0.2) is 29.1 Å². The quantitative estimate of drug-likeness (QED) is 0.813. The van der Waals surface area contributed by atoms with Crippen molar-refractivity contribution in [2.45, 2.75) is 26.8 Å². The molecule has 100 valence electrons. The largest absolute Gasteiger partial charge is 0.292 e. The molecular formula is C14H14Cl2N2O. The van der Waals surface area contributed by atoms with Gasteiger partial charge < -0.3 is 0 Å². The van der Waals surface area contributed by atoms with E-state index in [9.17, 15) is 4.79 Å². The average molecular weight is 297 g/mol. The predicted molar refractivity (Wildman–Crippen MR) is 78.2 cm³/mol. The molecule has 0 fully saturated rings. The summed E-state index contributed by atoms with van der Waals surface area (Å²) in [6.07, 6.45) is 0.638. The van der Waals surface area contributed by atoms with Gasteiger partial charge in [-0.1, -0.05) is 42.3 Å². The molecule has 0 bridgehead atoms. The molecule has 0 aliphatic carbocycles. The number of benzene rings is 1. The number of nitrogens with zero attached hydrogens (tertiary/aromatic N) is 2. The topological polar surface area (TPSA) is 34.9 Å². The highest BCUT2D eigenvalue weighted by atomic mass is 35.5. The Morgan fingerprint density at radius 3 is 2.63 bits per heavy atom. The molecular weight excluding hydrogens is 283 g/mol. The Morgan fingerprint density at radius 1 is 1.26 bits per heavy atom. The Morgan fingerprint density at radius 2 is 2.00 bits per heavy atom. The molecule has 0 unspecified atom stereocenters. The van der Waals surface area contributed by atoms with Gasteiger partial charge in [-0.05, 0) is 24.1 Å². The SMILES string of the molecule is CCc1nc(Cl)cc(=O)n1Cc1ccc(C)cc1Cl. The molecule has 0 aliphatic heterocycles. The maximum absolute atomic E-state index is 12.0. The van der Waals surface area contributed by atoms with Crippen molar-refractivity contribution in [3.05, 3.63) is 61.7 Å². The molecule has 1 heterocycles. The molecule has 0 atom stereocenters. The lowest BCUT2D eigenvalue weighted by molar-refractivity contribution is 0.674. The van der Waals surface area contributed by atoms with Crippen LogP contribution in [0.2, 0.25) is 10.2 Å². The van der Waals surface area contributed by atoms with Gasteiger partial charge in [0.15, 0.2) is 0 Å². The summed E-state index contributed by atoms with van der Waals surface area (Å²) >= 11 is 12.0. The Labute approximate surface area is 121 Å². The number of hydrogen-bond acceptors (Lipinski definition) is 2. The van der Waals surface area contributed by atoms with Gasteiger partial charge in [0.1, 0.15) is 11.0 Å². The van der Waals surface area contributed by atoms with Crippen LogP contribution in [0, 0.1) is 6.92 Å². The fourth-order valence-corrected chi connectivity index (χ4v) is 2.40.